The highest BCUT2D eigenvalue weighted by Gasteiger charge is 2.36. The van der Waals surface area contributed by atoms with E-state index in [0.29, 0.717) is 16.8 Å². The minimum atomic E-state index is -1.84. The SMILES string of the molecule is COc1ccc(N(Cc2c[nH]c3ccc(F)cc23)CC(O)(Cn2cncn2)c2ccc(F)cc2F)cc1. The van der Waals surface area contributed by atoms with E-state index in [1.807, 2.05) is 17.0 Å². The standard InChI is InChI=1S/C27H24F3N5O2/c1-37-22-6-4-21(5-7-22)34(13-18-12-32-26-9-3-19(28)10-23(18)26)14-27(36,15-35-17-31-16-33-35)24-8-2-20(29)11-25(24)30/h2-12,16-17,32,36H,13-15H2,1H3. The van der Waals surface area contributed by atoms with Gasteiger partial charge in [-0.25, -0.2) is 22.8 Å². The van der Waals surface area contributed by atoms with Gasteiger partial charge in [0.1, 0.15) is 41.5 Å². The zero-order valence-corrected chi connectivity index (χ0v) is 19.9. The van der Waals surface area contributed by atoms with Crippen molar-refractivity contribution in [3.63, 3.8) is 0 Å². The number of H-pyrrole nitrogens is 1. The molecule has 2 aromatic heterocycles. The highest BCUT2D eigenvalue weighted by molar-refractivity contribution is 5.83. The fraction of sp³-hybridized carbons (Fsp3) is 0.185. The number of nitrogens with zero attached hydrogens (tertiary/aromatic N) is 4. The summed E-state index contributed by atoms with van der Waals surface area (Å²) in [6, 6.07) is 14.7. The Balaban J connectivity index is 1.58. The lowest BCUT2D eigenvalue weighted by Crippen LogP contribution is -2.44. The molecule has 3 aromatic carbocycles. The van der Waals surface area contributed by atoms with Gasteiger partial charge in [0.25, 0.3) is 0 Å². The Morgan fingerprint density at radius 1 is 1.03 bits per heavy atom. The van der Waals surface area contributed by atoms with Crippen molar-refractivity contribution in [2.45, 2.75) is 18.7 Å². The van der Waals surface area contributed by atoms with E-state index in [9.17, 15) is 13.9 Å². The Morgan fingerprint density at radius 2 is 1.78 bits per heavy atom. The molecule has 0 aliphatic heterocycles. The Morgan fingerprint density at radius 3 is 2.49 bits per heavy atom. The molecule has 5 aromatic rings. The summed E-state index contributed by atoms with van der Waals surface area (Å²) in [5.41, 5.74) is 0.295. The van der Waals surface area contributed by atoms with Gasteiger partial charge >= 0.3 is 0 Å². The summed E-state index contributed by atoms with van der Waals surface area (Å²) in [6.45, 7) is -0.00723. The summed E-state index contributed by atoms with van der Waals surface area (Å²) in [5, 5.41) is 16.7. The van der Waals surface area contributed by atoms with E-state index in [2.05, 4.69) is 15.1 Å². The van der Waals surface area contributed by atoms with Crippen LogP contribution < -0.4 is 9.64 Å². The molecule has 1 atom stereocenters. The van der Waals surface area contributed by atoms with Crippen molar-refractivity contribution >= 4 is 16.6 Å². The molecule has 0 radical (unpaired) electrons. The number of ether oxygens (including phenoxy) is 1. The predicted molar refractivity (Wildman–Crippen MR) is 133 cm³/mol. The molecule has 2 N–H and O–H groups in total. The van der Waals surface area contributed by atoms with Crippen LogP contribution in [0.4, 0.5) is 18.9 Å². The number of fused-ring (bicyclic) bond motifs is 1. The summed E-state index contributed by atoms with van der Waals surface area (Å²) >= 11 is 0. The number of hydrogen-bond acceptors (Lipinski definition) is 5. The van der Waals surface area contributed by atoms with Gasteiger partial charge in [0, 0.05) is 41.0 Å². The molecule has 10 heteroatoms. The summed E-state index contributed by atoms with van der Waals surface area (Å²) in [6.07, 6.45) is 4.49. The fourth-order valence-electron chi connectivity index (χ4n) is 4.50. The zero-order chi connectivity index (χ0) is 26.0. The maximum atomic E-state index is 15.0. The summed E-state index contributed by atoms with van der Waals surface area (Å²) in [4.78, 5) is 8.89. The first-order valence-corrected chi connectivity index (χ1v) is 11.5. The van der Waals surface area contributed by atoms with Gasteiger partial charge in [-0.05, 0) is 54.1 Å². The van der Waals surface area contributed by atoms with Crippen molar-refractivity contribution in [3.8, 4) is 5.75 Å². The number of aliphatic hydroxyl groups is 1. The summed E-state index contributed by atoms with van der Waals surface area (Å²) < 4.78 is 49.5. The number of hydrogen-bond donors (Lipinski definition) is 2. The lowest BCUT2D eigenvalue weighted by molar-refractivity contribution is 0.0182. The highest BCUT2D eigenvalue weighted by atomic mass is 19.1. The van der Waals surface area contributed by atoms with E-state index in [-0.39, 0.29) is 31.0 Å². The van der Waals surface area contributed by atoms with Crippen LogP contribution in [0.25, 0.3) is 10.9 Å². The van der Waals surface area contributed by atoms with E-state index in [1.165, 1.54) is 35.5 Å². The van der Waals surface area contributed by atoms with E-state index in [1.54, 1.807) is 31.5 Å². The third kappa shape index (κ3) is 5.14. The zero-order valence-electron chi connectivity index (χ0n) is 19.9. The Labute approximate surface area is 210 Å². The number of aromatic nitrogens is 4. The van der Waals surface area contributed by atoms with E-state index < -0.39 is 17.2 Å². The molecule has 0 bridgehead atoms. The molecule has 0 aliphatic rings. The average molecular weight is 508 g/mol. The normalized spacial score (nSPS) is 13.0. The third-order valence-corrected chi connectivity index (χ3v) is 6.30. The molecule has 0 fully saturated rings. The number of nitrogens with one attached hydrogen (secondary N) is 1. The van der Waals surface area contributed by atoms with Crippen LogP contribution in [0.3, 0.4) is 0 Å². The quantitative estimate of drug-likeness (QED) is 0.300. The fourth-order valence-corrected chi connectivity index (χ4v) is 4.50. The Bertz CT molecular complexity index is 1500. The first kappa shape index (κ1) is 24.4. The second-order valence-electron chi connectivity index (χ2n) is 8.81. The van der Waals surface area contributed by atoms with Crippen molar-refractivity contribution in [2.24, 2.45) is 0 Å². The van der Waals surface area contributed by atoms with Gasteiger partial charge in [0.15, 0.2) is 0 Å². The van der Waals surface area contributed by atoms with Gasteiger partial charge < -0.3 is 19.7 Å². The number of halogens is 3. The van der Waals surface area contributed by atoms with Gasteiger partial charge in [-0.1, -0.05) is 6.07 Å². The molecule has 0 saturated heterocycles. The van der Waals surface area contributed by atoms with Crippen LogP contribution in [0.2, 0.25) is 0 Å². The van der Waals surface area contributed by atoms with Crippen LogP contribution in [-0.4, -0.2) is 38.5 Å². The number of methoxy groups -OCH3 is 1. The molecule has 0 saturated carbocycles. The van der Waals surface area contributed by atoms with Gasteiger partial charge in [-0.3, -0.25) is 0 Å². The average Bonchev–Trinajstić information content (AvgIpc) is 3.53. The molecule has 0 aliphatic carbocycles. The molecule has 0 spiro atoms. The number of aromatic amines is 1. The highest BCUT2D eigenvalue weighted by Crippen LogP contribution is 2.32. The number of benzene rings is 3. The lowest BCUT2D eigenvalue weighted by atomic mass is 9.91. The lowest BCUT2D eigenvalue weighted by Gasteiger charge is -2.36. The van der Waals surface area contributed by atoms with Crippen LogP contribution in [0.5, 0.6) is 5.75 Å². The number of anilines is 1. The van der Waals surface area contributed by atoms with Gasteiger partial charge in [-0.15, -0.1) is 0 Å². The molecular weight excluding hydrogens is 483 g/mol. The van der Waals surface area contributed by atoms with Crippen LogP contribution in [-0.2, 0) is 18.7 Å². The third-order valence-electron chi connectivity index (χ3n) is 6.30. The van der Waals surface area contributed by atoms with Crippen molar-refractivity contribution in [2.75, 3.05) is 18.6 Å². The molecule has 0 amide bonds. The molecule has 7 nitrogen and oxygen atoms in total. The topological polar surface area (TPSA) is 79.2 Å². The van der Waals surface area contributed by atoms with E-state index in [4.69, 9.17) is 4.74 Å². The minimum Gasteiger partial charge on any atom is -0.497 e. The van der Waals surface area contributed by atoms with Crippen molar-refractivity contribution in [1.82, 2.24) is 19.7 Å². The predicted octanol–water partition coefficient (Wildman–Crippen LogP) is 4.78. The van der Waals surface area contributed by atoms with Gasteiger partial charge in [0.2, 0.25) is 0 Å². The van der Waals surface area contributed by atoms with E-state index in [0.717, 1.165) is 23.2 Å². The molecule has 37 heavy (non-hydrogen) atoms. The molecule has 2 heterocycles. The monoisotopic (exact) mass is 507 g/mol. The Hall–Kier alpha value is -4.31. The second kappa shape index (κ2) is 9.98. The van der Waals surface area contributed by atoms with Crippen LogP contribution in [0, 0.1) is 17.5 Å². The van der Waals surface area contributed by atoms with E-state index >= 15 is 4.39 Å². The summed E-state index contributed by atoms with van der Waals surface area (Å²) in [7, 11) is 1.56. The maximum absolute atomic E-state index is 15.0. The molecule has 190 valence electrons. The second-order valence-corrected chi connectivity index (χ2v) is 8.81. The maximum Gasteiger partial charge on any atom is 0.137 e. The first-order valence-electron chi connectivity index (χ1n) is 11.5. The largest absolute Gasteiger partial charge is 0.497 e. The minimum absolute atomic E-state index is 0.0899. The van der Waals surface area contributed by atoms with Crippen LogP contribution in [0.1, 0.15) is 11.1 Å². The van der Waals surface area contributed by atoms with Crippen molar-refractivity contribution in [3.05, 3.63) is 108 Å². The van der Waals surface area contributed by atoms with Crippen LogP contribution in [0.15, 0.2) is 79.5 Å². The van der Waals surface area contributed by atoms with Crippen molar-refractivity contribution in [1.29, 1.82) is 0 Å². The molecule has 1 unspecified atom stereocenters. The molecular formula is C27H24F3N5O2. The van der Waals surface area contributed by atoms with Crippen LogP contribution >= 0.6 is 0 Å². The smallest absolute Gasteiger partial charge is 0.137 e. The Kier molecular flexibility index (Phi) is 6.58. The van der Waals surface area contributed by atoms with Gasteiger partial charge in [0.05, 0.1) is 20.2 Å². The summed E-state index contributed by atoms with van der Waals surface area (Å²) in [5.74, 6) is -1.37. The van der Waals surface area contributed by atoms with Gasteiger partial charge in [-0.2, -0.15) is 5.10 Å². The first-order chi connectivity index (χ1) is 17.8. The van der Waals surface area contributed by atoms with Crippen molar-refractivity contribution < 1.29 is 23.0 Å². The molecule has 5 rings (SSSR count). The number of rotatable bonds is 9.